The molecule has 0 radical (unpaired) electrons. The Morgan fingerprint density at radius 1 is 0.895 bits per heavy atom. The standard InChI is InChI=1S/C16H17NO2/c1-18-15-9-5-3-7-13(15)11-17-12-14-8-4-6-10-16(14)19-2/h3-11H,12H2,1-2H3/b17-11+. The van der Waals surface area contributed by atoms with Crippen LogP contribution in [-0.4, -0.2) is 20.4 Å². The summed E-state index contributed by atoms with van der Waals surface area (Å²) < 4.78 is 10.6. The van der Waals surface area contributed by atoms with Crippen LogP contribution >= 0.6 is 0 Å². The van der Waals surface area contributed by atoms with Crippen molar-refractivity contribution in [3.63, 3.8) is 0 Å². The lowest BCUT2D eigenvalue weighted by Gasteiger charge is -2.05. The highest BCUT2D eigenvalue weighted by Gasteiger charge is 2.00. The smallest absolute Gasteiger partial charge is 0.127 e. The van der Waals surface area contributed by atoms with Gasteiger partial charge in [-0.25, -0.2) is 0 Å². The van der Waals surface area contributed by atoms with Gasteiger partial charge in [-0.2, -0.15) is 0 Å². The lowest BCUT2D eigenvalue weighted by atomic mass is 10.2. The largest absolute Gasteiger partial charge is 0.496 e. The molecule has 0 amide bonds. The van der Waals surface area contributed by atoms with Gasteiger partial charge in [0.25, 0.3) is 0 Å². The summed E-state index contributed by atoms with van der Waals surface area (Å²) in [6, 6.07) is 15.7. The zero-order valence-electron chi connectivity index (χ0n) is 11.2. The summed E-state index contributed by atoms with van der Waals surface area (Å²) >= 11 is 0. The minimum Gasteiger partial charge on any atom is -0.496 e. The molecule has 98 valence electrons. The third-order valence-corrected chi connectivity index (χ3v) is 2.82. The van der Waals surface area contributed by atoms with Gasteiger partial charge in [-0.05, 0) is 18.2 Å². The highest BCUT2D eigenvalue weighted by molar-refractivity contribution is 5.83. The molecule has 0 saturated heterocycles. The number of para-hydroxylation sites is 2. The minimum absolute atomic E-state index is 0.585. The van der Waals surface area contributed by atoms with Gasteiger partial charge in [0, 0.05) is 17.3 Å². The SMILES string of the molecule is COc1ccccc1/C=N/Cc1ccccc1OC. The van der Waals surface area contributed by atoms with Crippen molar-refractivity contribution in [2.24, 2.45) is 4.99 Å². The number of benzene rings is 2. The summed E-state index contributed by atoms with van der Waals surface area (Å²) in [5.41, 5.74) is 2.04. The van der Waals surface area contributed by atoms with Gasteiger partial charge in [-0.15, -0.1) is 0 Å². The van der Waals surface area contributed by atoms with Crippen molar-refractivity contribution in [3.05, 3.63) is 59.7 Å². The fourth-order valence-electron chi connectivity index (χ4n) is 1.85. The molecule has 19 heavy (non-hydrogen) atoms. The maximum atomic E-state index is 5.29. The monoisotopic (exact) mass is 255 g/mol. The fourth-order valence-corrected chi connectivity index (χ4v) is 1.85. The third kappa shape index (κ3) is 3.35. The predicted molar refractivity (Wildman–Crippen MR) is 77.3 cm³/mol. The van der Waals surface area contributed by atoms with E-state index in [1.807, 2.05) is 54.7 Å². The van der Waals surface area contributed by atoms with Crippen LogP contribution in [0.3, 0.4) is 0 Å². The van der Waals surface area contributed by atoms with Crippen LogP contribution in [0.15, 0.2) is 53.5 Å². The quantitative estimate of drug-likeness (QED) is 0.767. The normalized spacial score (nSPS) is 10.6. The first-order valence-electron chi connectivity index (χ1n) is 6.10. The first-order valence-corrected chi connectivity index (χ1v) is 6.10. The summed E-state index contributed by atoms with van der Waals surface area (Å²) in [6.07, 6.45) is 1.82. The van der Waals surface area contributed by atoms with Crippen molar-refractivity contribution in [2.45, 2.75) is 6.54 Å². The van der Waals surface area contributed by atoms with Crippen molar-refractivity contribution in [1.82, 2.24) is 0 Å². The lowest BCUT2D eigenvalue weighted by molar-refractivity contribution is 0.410. The second kappa shape index (κ2) is 6.59. The molecule has 0 atom stereocenters. The molecule has 0 N–H and O–H groups in total. The van der Waals surface area contributed by atoms with Crippen LogP contribution < -0.4 is 9.47 Å². The van der Waals surface area contributed by atoms with Gasteiger partial charge in [0.05, 0.1) is 20.8 Å². The molecule has 0 bridgehead atoms. The van der Waals surface area contributed by atoms with E-state index in [4.69, 9.17) is 9.47 Å². The highest BCUT2D eigenvalue weighted by Crippen LogP contribution is 2.19. The van der Waals surface area contributed by atoms with Gasteiger partial charge < -0.3 is 9.47 Å². The summed E-state index contributed by atoms with van der Waals surface area (Å²) in [4.78, 5) is 4.44. The van der Waals surface area contributed by atoms with Crippen molar-refractivity contribution in [2.75, 3.05) is 14.2 Å². The van der Waals surface area contributed by atoms with E-state index in [1.165, 1.54) is 0 Å². The molecule has 0 aromatic heterocycles. The van der Waals surface area contributed by atoms with Crippen LogP contribution in [0.2, 0.25) is 0 Å². The van der Waals surface area contributed by atoms with E-state index in [2.05, 4.69) is 4.99 Å². The van der Waals surface area contributed by atoms with Crippen molar-refractivity contribution >= 4 is 6.21 Å². The summed E-state index contributed by atoms with van der Waals surface area (Å²) in [6.45, 7) is 0.585. The molecule has 0 fully saturated rings. The van der Waals surface area contributed by atoms with E-state index in [0.717, 1.165) is 22.6 Å². The number of aliphatic imine (C=N–C) groups is 1. The number of nitrogens with zero attached hydrogens (tertiary/aromatic N) is 1. The minimum atomic E-state index is 0.585. The second-order valence-electron chi connectivity index (χ2n) is 4.02. The fraction of sp³-hybridized carbons (Fsp3) is 0.188. The highest BCUT2D eigenvalue weighted by atomic mass is 16.5. The van der Waals surface area contributed by atoms with Crippen LogP contribution in [0.1, 0.15) is 11.1 Å². The predicted octanol–water partition coefficient (Wildman–Crippen LogP) is 3.32. The Kier molecular flexibility index (Phi) is 4.56. The van der Waals surface area contributed by atoms with Crippen molar-refractivity contribution < 1.29 is 9.47 Å². The van der Waals surface area contributed by atoms with Gasteiger partial charge in [0.2, 0.25) is 0 Å². The maximum absolute atomic E-state index is 5.29. The summed E-state index contributed by atoms with van der Waals surface area (Å²) in [7, 11) is 3.33. The molecule has 0 aliphatic heterocycles. The number of hydrogen-bond donors (Lipinski definition) is 0. The Labute approximate surface area is 113 Å². The number of hydrogen-bond acceptors (Lipinski definition) is 3. The Balaban J connectivity index is 2.11. The number of rotatable bonds is 5. The molecule has 2 aromatic carbocycles. The summed E-state index contributed by atoms with van der Waals surface area (Å²) in [5.74, 6) is 1.69. The molecular formula is C16H17NO2. The van der Waals surface area contributed by atoms with E-state index in [9.17, 15) is 0 Å². The molecular weight excluding hydrogens is 238 g/mol. The lowest BCUT2D eigenvalue weighted by Crippen LogP contribution is -1.92. The maximum Gasteiger partial charge on any atom is 0.127 e. The number of methoxy groups -OCH3 is 2. The molecule has 3 heteroatoms. The van der Waals surface area contributed by atoms with Gasteiger partial charge in [-0.3, -0.25) is 4.99 Å². The first-order chi connectivity index (χ1) is 9.35. The molecule has 0 aliphatic rings. The molecule has 0 spiro atoms. The van der Waals surface area contributed by atoms with Crippen LogP contribution in [0.5, 0.6) is 11.5 Å². The Bertz CT molecular complexity index is 564. The van der Waals surface area contributed by atoms with Crippen LogP contribution in [0.4, 0.5) is 0 Å². The van der Waals surface area contributed by atoms with Crippen LogP contribution in [-0.2, 0) is 6.54 Å². The average Bonchev–Trinajstić information content (AvgIpc) is 2.48. The molecule has 2 rings (SSSR count). The second-order valence-corrected chi connectivity index (χ2v) is 4.02. The van der Waals surface area contributed by atoms with Gasteiger partial charge >= 0.3 is 0 Å². The van der Waals surface area contributed by atoms with Crippen molar-refractivity contribution in [1.29, 1.82) is 0 Å². The van der Waals surface area contributed by atoms with E-state index >= 15 is 0 Å². The van der Waals surface area contributed by atoms with Crippen molar-refractivity contribution in [3.8, 4) is 11.5 Å². The van der Waals surface area contributed by atoms with E-state index in [0.29, 0.717) is 6.54 Å². The van der Waals surface area contributed by atoms with Crippen LogP contribution in [0, 0.1) is 0 Å². The zero-order valence-corrected chi connectivity index (χ0v) is 11.2. The molecule has 0 aliphatic carbocycles. The molecule has 0 heterocycles. The van der Waals surface area contributed by atoms with E-state index < -0.39 is 0 Å². The van der Waals surface area contributed by atoms with Crippen LogP contribution in [0.25, 0.3) is 0 Å². The molecule has 0 saturated carbocycles. The number of ether oxygens (including phenoxy) is 2. The first kappa shape index (κ1) is 13.1. The average molecular weight is 255 g/mol. The van der Waals surface area contributed by atoms with E-state index in [1.54, 1.807) is 14.2 Å². The van der Waals surface area contributed by atoms with Gasteiger partial charge in [0.1, 0.15) is 11.5 Å². The zero-order chi connectivity index (χ0) is 13.5. The molecule has 3 nitrogen and oxygen atoms in total. The molecule has 2 aromatic rings. The third-order valence-electron chi connectivity index (χ3n) is 2.82. The van der Waals surface area contributed by atoms with E-state index in [-0.39, 0.29) is 0 Å². The summed E-state index contributed by atoms with van der Waals surface area (Å²) in [5, 5.41) is 0. The molecule has 0 unspecified atom stereocenters. The topological polar surface area (TPSA) is 30.8 Å². The Hall–Kier alpha value is -2.29. The Morgan fingerprint density at radius 2 is 1.53 bits per heavy atom. The van der Waals surface area contributed by atoms with Gasteiger partial charge in [-0.1, -0.05) is 30.3 Å². The Morgan fingerprint density at radius 3 is 2.26 bits per heavy atom. The van der Waals surface area contributed by atoms with Gasteiger partial charge in [0.15, 0.2) is 0 Å².